The smallest absolute Gasteiger partial charge is 0.322 e. The number of nitrogens with two attached hydrogens (primary N) is 1. The fraction of sp³-hybridized carbons (Fsp3) is 0.500. The lowest BCUT2D eigenvalue weighted by atomic mass is 9.95. The highest BCUT2D eigenvalue weighted by molar-refractivity contribution is 6.34. The molecule has 4 N–H and O–H groups in total. The van der Waals surface area contributed by atoms with Crippen LogP contribution < -0.4 is 21.3 Å². The highest BCUT2D eigenvalue weighted by Gasteiger charge is 2.41. The largest absolute Gasteiger partial charge is 0.345 e. The number of rotatable bonds is 5. The second kappa shape index (κ2) is 6.02. The van der Waals surface area contributed by atoms with E-state index in [9.17, 15) is 9.59 Å². The molecule has 3 amide bonds. The summed E-state index contributed by atoms with van der Waals surface area (Å²) in [4.78, 5) is 25.9. The second-order valence-corrected chi connectivity index (χ2v) is 6.81. The van der Waals surface area contributed by atoms with E-state index in [4.69, 9.17) is 17.3 Å². The van der Waals surface area contributed by atoms with Gasteiger partial charge in [0, 0.05) is 25.2 Å². The van der Waals surface area contributed by atoms with Gasteiger partial charge in [-0.2, -0.15) is 0 Å². The molecule has 1 saturated heterocycles. The Morgan fingerprint density at radius 1 is 1.52 bits per heavy atom. The van der Waals surface area contributed by atoms with Crippen LogP contribution in [0.4, 0.5) is 10.5 Å². The molecule has 124 valence electrons. The van der Waals surface area contributed by atoms with Crippen LogP contribution in [0, 0.1) is 5.92 Å². The van der Waals surface area contributed by atoms with Crippen LogP contribution >= 0.6 is 11.6 Å². The number of urea groups is 1. The number of nitrogens with one attached hydrogen (secondary N) is 2. The molecule has 3 rings (SSSR count). The van der Waals surface area contributed by atoms with Crippen molar-refractivity contribution in [3.05, 3.63) is 28.8 Å². The standard InChI is InChI=1S/C16H21ClN4O2/c1-16(9-18,11-3-4-11)20-14(22)10-2-5-12(17)13(8-10)21-7-6-19-15(21)23/h2,5,8,11H,3-4,6-7,9,18H2,1H3,(H,19,23)(H,20,22). The number of anilines is 1. The molecular formula is C16H21ClN4O2. The van der Waals surface area contributed by atoms with Crippen LogP contribution in [0.15, 0.2) is 18.2 Å². The maximum atomic E-state index is 12.6. The quantitative estimate of drug-likeness (QED) is 0.765. The van der Waals surface area contributed by atoms with Gasteiger partial charge in [0.15, 0.2) is 0 Å². The average molecular weight is 337 g/mol. The molecule has 2 aliphatic rings. The Morgan fingerprint density at radius 3 is 2.83 bits per heavy atom. The number of hydrogen-bond donors (Lipinski definition) is 3. The number of halogens is 1. The van der Waals surface area contributed by atoms with Crippen LogP contribution in [-0.4, -0.2) is 37.1 Å². The van der Waals surface area contributed by atoms with E-state index in [2.05, 4.69) is 10.6 Å². The van der Waals surface area contributed by atoms with Crippen molar-refractivity contribution in [2.24, 2.45) is 11.7 Å². The lowest BCUT2D eigenvalue weighted by Crippen LogP contribution is -2.53. The van der Waals surface area contributed by atoms with Gasteiger partial charge in [-0.05, 0) is 43.9 Å². The molecular weight excluding hydrogens is 316 g/mol. The van der Waals surface area contributed by atoms with Gasteiger partial charge in [0.1, 0.15) is 0 Å². The first-order valence-corrected chi connectivity index (χ1v) is 8.20. The van der Waals surface area contributed by atoms with Gasteiger partial charge in [-0.1, -0.05) is 11.6 Å². The van der Waals surface area contributed by atoms with Crippen LogP contribution in [0.3, 0.4) is 0 Å². The summed E-state index contributed by atoms with van der Waals surface area (Å²) < 4.78 is 0. The normalized spacial score (nSPS) is 20.1. The first kappa shape index (κ1) is 16.1. The van der Waals surface area contributed by atoms with E-state index < -0.39 is 0 Å². The molecule has 1 atom stereocenters. The third kappa shape index (κ3) is 3.14. The third-order valence-corrected chi connectivity index (χ3v) is 4.98. The Balaban J connectivity index is 1.82. The number of carbonyl (C=O) groups excluding carboxylic acids is 2. The maximum Gasteiger partial charge on any atom is 0.322 e. The summed E-state index contributed by atoms with van der Waals surface area (Å²) in [6.45, 7) is 3.48. The Kier molecular flexibility index (Phi) is 4.21. The average Bonchev–Trinajstić information content (AvgIpc) is 3.31. The van der Waals surface area contributed by atoms with Crippen molar-refractivity contribution < 1.29 is 9.59 Å². The molecule has 23 heavy (non-hydrogen) atoms. The minimum Gasteiger partial charge on any atom is -0.345 e. The molecule has 0 aromatic heterocycles. The highest BCUT2D eigenvalue weighted by atomic mass is 35.5. The van der Waals surface area contributed by atoms with E-state index in [0.29, 0.717) is 41.8 Å². The number of nitrogens with zero attached hydrogens (tertiary/aromatic N) is 1. The van der Waals surface area contributed by atoms with Gasteiger partial charge in [-0.3, -0.25) is 9.69 Å². The summed E-state index contributed by atoms with van der Waals surface area (Å²) in [5, 5.41) is 6.22. The van der Waals surface area contributed by atoms with E-state index in [1.54, 1.807) is 23.1 Å². The van der Waals surface area contributed by atoms with Gasteiger partial charge in [-0.25, -0.2) is 4.79 Å². The van der Waals surface area contributed by atoms with Gasteiger partial charge in [0.05, 0.1) is 16.2 Å². The first-order valence-electron chi connectivity index (χ1n) is 7.82. The van der Waals surface area contributed by atoms with Crippen LogP contribution in [0.5, 0.6) is 0 Å². The van der Waals surface area contributed by atoms with E-state index in [1.165, 1.54) is 0 Å². The number of hydrogen-bond acceptors (Lipinski definition) is 3. The zero-order valence-electron chi connectivity index (χ0n) is 13.1. The van der Waals surface area contributed by atoms with Crippen LogP contribution in [0.1, 0.15) is 30.1 Å². The van der Waals surface area contributed by atoms with Crippen LogP contribution in [-0.2, 0) is 0 Å². The Morgan fingerprint density at radius 2 is 2.26 bits per heavy atom. The van der Waals surface area contributed by atoms with Crippen molar-refractivity contribution in [2.45, 2.75) is 25.3 Å². The first-order chi connectivity index (χ1) is 10.9. The third-order valence-electron chi connectivity index (χ3n) is 4.66. The van der Waals surface area contributed by atoms with Crippen molar-refractivity contribution in [2.75, 3.05) is 24.5 Å². The molecule has 1 saturated carbocycles. The van der Waals surface area contributed by atoms with Gasteiger partial charge in [-0.15, -0.1) is 0 Å². The lowest BCUT2D eigenvalue weighted by Gasteiger charge is -2.29. The predicted octanol–water partition coefficient (Wildman–Crippen LogP) is 1.73. The van der Waals surface area contributed by atoms with Crippen molar-refractivity contribution in [3.63, 3.8) is 0 Å². The number of amides is 3. The minimum absolute atomic E-state index is 0.192. The molecule has 0 spiro atoms. The maximum absolute atomic E-state index is 12.6. The van der Waals surface area contributed by atoms with Crippen molar-refractivity contribution >= 4 is 29.2 Å². The molecule has 0 radical (unpaired) electrons. The Bertz CT molecular complexity index is 647. The van der Waals surface area contributed by atoms with Crippen molar-refractivity contribution in [1.29, 1.82) is 0 Å². The summed E-state index contributed by atoms with van der Waals surface area (Å²) in [5.41, 5.74) is 6.49. The number of carbonyl (C=O) groups is 2. The van der Waals surface area contributed by atoms with E-state index in [0.717, 1.165) is 12.8 Å². The fourth-order valence-electron chi connectivity index (χ4n) is 2.93. The summed E-state index contributed by atoms with van der Waals surface area (Å²) in [6, 6.07) is 4.77. The zero-order chi connectivity index (χ0) is 16.6. The van der Waals surface area contributed by atoms with E-state index >= 15 is 0 Å². The molecule has 1 aromatic rings. The van der Waals surface area contributed by atoms with Crippen molar-refractivity contribution in [1.82, 2.24) is 10.6 Å². The number of benzene rings is 1. The summed E-state index contributed by atoms with van der Waals surface area (Å²) in [6.07, 6.45) is 2.18. The van der Waals surface area contributed by atoms with E-state index in [1.807, 2.05) is 6.92 Å². The van der Waals surface area contributed by atoms with Gasteiger partial charge in [0.25, 0.3) is 5.91 Å². The van der Waals surface area contributed by atoms with Gasteiger partial charge in [0.2, 0.25) is 0 Å². The molecule has 6 nitrogen and oxygen atoms in total. The predicted molar refractivity (Wildman–Crippen MR) is 89.8 cm³/mol. The topological polar surface area (TPSA) is 87.5 Å². The van der Waals surface area contributed by atoms with Crippen LogP contribution in [0.2, 0.25) is 5.02 Å². The van der Waals surface area contributed by atoms with Gasteiger partial charge < -0.3 is 16.4 Å². The molecule has 7 heteroatoms. The Hall–Kier alpha value is -1.79. The van der Waals surface area contributed by atoms with Crippen LogP contribution in [0.25, 0.3) is 0 Å². The molecule has 1 aromatic carbocycles. The molecule has 1 aliphatic heterocycles. The molecule has 2 fully saturated rings. The van der Waals surface area contributed by atoms with Gasteiger partial charge >= 0.3 is 6.03 Å². The molecule has 1 unspecified atom stereocenters. The monoisotopic (exact) mass is 336 g/mol. The summed E-state index contributed by atoms with van der Waals surface area (Å²) in [7, 11) is 0. The van der Waals surface area contributed by atoms with Crippen molar-refractivity contribution in [3.8, 4) is 0 Å². The molecule has 1 heterocycles. The summed E-state index contributed by atoms with van der Waals surface area (Å²) >= 11 is 6.19. The lowest BCUT2D eigenvalue weighted by molar-refractivity contribution is 0.0898. The zero-order valence-corrected chi connectivity index (χ0v) is 13.8. The molecule has 1 aliphatic carbocycles. The van der Waals surface area contributed by atoms with E-state index in [-0.39, 0.29) is 17.5 Å². The molecule has 0 bridgehead atoms. The highest BCUT2D eigenvalue weighted by Crippen LogP contribution is 2.39. The second-order valence-electron chi connectivity index (χ2n) is 6.40. The minimum atomic E-state index is -0.387. The SMILES string of the molecule is CC(CN)(NC(=O)c1ccc(Cl)c(N2CCNC2=O)c1)C1CC1. The fourth-order valence-corrected chi connectivity index (χ4v) is 3.15. The summed E-state index contributed by atoms with van der Waals surface area (Å²) in [5.74, 6) is 0.245. The Labute approximate surface area is 140 Å².